The van der Waals surface area contributed by atoms with E-state index in [2.05, 4.69) is 15.8 Å². The molecule has 7 nitrogen and oxygen atoms in total. The van der Waals surface area contributed by atoms with Gasteiger partial charge in [0, 0.05) is 18.6 Å². The van der Waals surface area contributed by atoms with Crippen LogP contribution in [0.4, 0.5) is 15.8 Å². The number of aliphatic hydroxyl groups excluding tert-OH is 1. The molecule has 0 aliphatic rings. The Kier molecular flexibility index (Phi) is 5.36. The van der Waals surface area contributed by atoms with Gasteiger partial charge in [0.15, 0.2) is 5.65 Å². The summed E-state index contributed by atoms with van der Waals surface area (Å²) in [4.78, 5) is 21.4. The minimum atomic E-state index is -0.606. The van der Waals surface area contributed by atoms with Gasteiger partial charge in [0.25, 0.3) is 5.91 Å². The molecular weight excluding hydrogens is 363 g/mol. The van der Waals surface area contributed by atoms with Gasteiger partial charge in [0.05, 0.1) is 30.2 Å². The summed E-state index contributed by atoms with van der Waals surface area (Å²) >= 11 is 6.40. The molecule has 0 saturated carbocycles. The molecule has 9 heteroatoms. The highest BCUT2D eigenvalue weighted by molar-refractivity contribution is 6.37. The zero-order valence-electron chi connectivity index (χ0n) is 13.8. The average molecular weight is 379 g/mol. The first kappa shape index (κ1) is 18.1. The molecule has 136 valence electrons. The van der Waals surface area contributed by atoms with Crippen molar-refractivity contribution in [1.82, 2.24) is 14.9 Å². The molecule has 1 amide bonds. The summed E-state index contributed by atoms with van der Waals surface area (Å²) < 4.78 is 15.8. The second-order valence-electron chi connectivity index (χ2n) is 5.50. The van der Waals surface area contributed by atoms with E-state index in [1.807, 2.05) is 0 Å². The summed E-state index contributed by atoms with van der Waals surface area (Å²) in [7, 11) is 0. The first-order valence-corrected chi connectivity index (χ1v) is 8.10. The van der Waals surface area contributed by atoms with Gasteiger partial charge in [0.2, 0.25) is 0 Å². The Bertz CT molecular complexity index is 961. The van der Waals surface area contributed by atoms with Crippen molar-refractivity contribution in [3.05, 3.63) is 58.8 Å². The minimum Gasteiger partial charge on any atom is -0.394 e. The number of amides is 1. The lowest BCUT2D eigenvalue weighted by Gasteiger charge is -2.15. The van der Waals surface area contributed by atoms with Gasteiger partial charge >= 0.3 is 0 Å². The number of hydrogen-bond acceptors (Lipinski definition) is 5. The maximum absolute atomic E-state index is 14.2. The first-order chi connectivity index (χ1) is 12.5. The van der Waals surface area contributed by atoms with Crippen LogP contribution in [0.3, 0.4) is 0 Å². The average Bonchev–Trinajstić information content (AvgIpc) is 3.08. The van der Waals surface area contributed by atoms with Crippen molar-refractivity contribution in [2.24, 2.45) is 0 Å². The van der Waals surface area contributed by atoms with Crippen LogP contribution in [0.15, 0.2) is 36.8 Å². The van der Waals surface area contributed by atoms with Crippen molar-refractivity contribution in [1.29, 1.82) is 0 Å². The van der Waals surface area contributed by atoms with Crippen LogP contribution >= 0.6 is 11.6 Å². The van der Waals surface area contributed by atoms with Crippen molar-refractivity contribution in [2.45, 2.75) is 6.92 Å². The van der Waals surface area contributed by atoms with Gasteiger partial charge in [-0.1, -0.05) is 17.7 Å². The lowest BCUT2D eigenvalue weighted by Crippen LogP contribution is -2.26. The molecule has 2 heterocycles. The maximum Gasteiger partial charge on any atom is 0.278 e. The van der Waals surface area contributed by atoms with Gasteiger partial charge in [-0.25, -0.2) is 14.9 Å². The highest BCUT2D eigenvalue weighted by Gasteiger charge is 2.20. The summed E-state index contributed by atoms with van der Waals surface area (Å²) in [6.07, 6.45) is 4.66. The highest BCUT2D eigenvalue weighted by Crippen LogP contribution is 2.33. The van der Waals surface area contributed by atoms with E-state index < -0.39 is 11.7 Å². The molecule has 2 aromatic heterocycles. The smallest absolute Gasteiger partial charge is 0.278 e. The quantitative estimate of drug-likeness (QED) is 0.453. The molecule has 0 fully saturated rings. The number of benzene rings is 1. The van der Waals surface area contributed by atoms with E-state index in [1.54, 1.807) is 29.7 Å². The maximum atomic E-state index is 14.2. The van der Waals surface area contributed by atoms with Crippen molar-refractivity contribution in [3.8, 4) is 0 Å². The predicted octanol–water partition coefficient (Wildman–Crippen LogP) is 2.83. The van der Waals surface area contributed by atoms with Crippen LogP contribution in [-0.2, 0) is 4.84 Å². The van der Waals surface area contributed by atoms with Crippen LogP contribution in [-0.4, -0.2) is 33.6 Å². The van der Waals surface area contributed by atoms with Gasteiger partial charge < -0.3 is 14.8 Å². The monoisotopic (exact) mass is 378 g/mol. The summed E-state index contributed by atoms with van der Waals surface area (Å²) in [5.41, 5.74) is 3.86. The number of aryl methyl sites for hydroxylation is 1. The van der Waals surface area contributed by atoms with Crippen molar-refractivity contribution >= 4 is 34.5 Å². The van der Waals surface area contributed by atoms with Gasteiger partial charge in [-0.05, 0) is 24.6 Å². The standard InChI is InChI=1S/C17H16ClFN4O3/c1-10-2-3-13(12(19)8-10)21-15-11(17(25)22-26-7-6-24)9-23-5-4-20-16(23)14(15)18/h2-5,8-9,21,24H,6-7H2,1H3,(H,22,25). The number of halogens is 2. The Balaban J connectivity index is 2.04. The van der Waals surface area contributed by atoms with Crippen LogP contribution in [0, 0.1) is 12.7 Å². The van der Waals surface area contributed by atoms with E-state index in [9.17, 15) is 9.18 Å². The van der Waals surface area contributed by atoms with Gasteiger partial charge in [-0.3, -0.25) is 9.63 Å². The number of imidazole rings is 1. The number of nitrogens with zero attached hydrogens (tertiary/aromatic N) is 2. The first-order valence-electron chi connectivity index (χ1n) is 7.72. The van der Waals surface area contributed by atoms with Crippen LogP contribution in [0.5, 0.6) is 0 Å². The third-order valence-electron chi connectivity index (χ3n) is 3.61. The summed E-state index contributed by atoms with van der Waals surface area (Å²) in [6, 6.07) is 4.66. The van der Waals surface area contributed by atoms with E-state index in [0.717, 1.165) is 5.56 Å². The van der Waals surface area contributed by atoms with E-state index in [4.69, 9.17) is 21.5 Å². The molecule has 0 aliphatic carbocycles. The SMILES string of the molecule is Cc1ccc(Nc2c(C(=O)NOCCO)cn3ccnc3c2Cl)c(F)c1. The third-order valence-corrected chi connectivity index (χ3v) is 3.97. The molecule has 0 atom stereocenters. The molecule has 1 aromatic carbocycles. The fourth-order valence-electron chi connectivity index (χ4n) is 2.39. The third kappa shape index (κ3) is 3.62. The zero-order valence-corrected chi connectivity index (χ0v) is 14.5. The molecule has 0 saturated heterocycles. The Morgan fingerprint density at radius 1 is 1.46 bits per heavy atom. The summed E-state index contributed by atoms with van der Waals surface area (Å²) in [5, 5.41) is 11.8. The predicted molar refractivity (Wildman–Crippen MR) is 95.1 cm³/mol. The molecular formula is C17H16ClFN4O3. The van der Waals surface area contributed by atoms with E-state index >= 15 is 0 Å². The molecule has 0 bridgehead atoms. The molecule has 0 radical (unpaired) electrons. The lowest BCUT2D eigenvalue weighted by molar-refractivity contribution is 0.0168. The molecule has 0 spiro atoms. The highest BCUT2D eigenvalue weighted by atomic mass is 35.5. The fourth-order valence-corrected chi connectivity index (χ4v) is 2.68. The molecule has 0 aliphatic heterocycles. The van der Waals surface area contributed by atoms with Crippen LogP contribution < -0.4 is 10.8 Å². The van der Waals surface area contributed by atoms with E-state index in [1.165, 1.54) is 18.5 Å². The van der Waals surface area contributed by atoms with Gasteiger partial charge in [-0.2, -0.15) is 0 Å². The van der Waals surface area contributed by atoms with E-state index in [0.29, 0.717) is 5.65 Å². The Morgan fingerprint density at radius 3 is 3.00 bits per heavy atom. The van der Waals surface area contributed by atoms with Crippen LogP contribution in [0.1, 0.15) is 15.9 Å². The second-order valence-corrected chi connectivity index (χ2v) is 5.88. The molecule has 3 rings (SSSR count). The van der Waals surface area contributed by atoms with Crippen LogP contribution in [0.2, 0.25) is 5.02 Å². The van der Waals surface area contributed by atoms with Gasteiger partial charge in [-0.15, -0.1) is 0 Å². The number of carbonyl (C=O) groups is 1. The van der Waals surface area contributed by atoms with E-state index in [-0.39, 0.29) is 35.2 Å². The zero-order chi connectivity index (χ0) is 18.7. The molecule has 0 unspecified atom stereocenters. The van der Waals surface area contributed by atoms with Crippen molar-refractivity contribution in [2.75, 3.05) is 18.5 Å². The van der Waals surface area contributed by atoms with Crippen molar-refractivity contribution < 1.29 is 19.1 Å². The Hall–Kier alpha value is -2.68. The Labute approximate surface area is 153 Å². The number of hydrogen-bond donors (Lipinski definition) is 3. The summed E-state index contributed by atoms with van der Waals surface area (Å²) in [6.45, 7) is 1.46. The number of aromatic nitrogens is 2. The number of hydroxylamine groups is 1. The summed E-state index contributed by atoms with van der Waals surface area (Å²) in [5.74, 6) is -1.09. The number of nitrogens with one attached hydrogen (secondary N) is 2. The molecule has 26 heavy (non-hydrogen) atoms. The Morgan fingerprint density at radius 2 is 2.27 bits per heavy atom. The topological polar surface area (TPSA) is 87.9 Å². The number of pyridine rings is 1. The second kappa shape index (κ2) is 7.69. The number of anilines is 2. The lowest BCUT2D eigenvalue weighted by atomic mass is 10.1. The number of aliphatic hydroxyl groups is 1. The molecule has 3 N–H and O–H groups in total. The fraction of sp³-hybridized carbons (Fsp3) is 0.176. The number of fused-ring (bicyclic) bond motifs is 1. The van der Waals surface area contributed by atoms with Gasteiger partial charge in [0.1, 0.15) is 10.8 Å². The number of rotatable bonds is 6. The van der Waals surface area contributed by atoms with Crippen molar-refractivity contribution in [3.63, 3.8) is 0 Å². The molecule has 3 aromatic rings. The normalized spacial score (nSPS) is 10.9. The minimum absolute atomic E-state index is 0.0673. The van der Waals surface area contributed by atoms with Crippen LogP contribution in [0.25, 0.3) is 5.65 Å². The largest absolute Gasteiger partial charge is 0.394 e. The number of carbonyl (C=O) groups excluding carboxylic acids is 1.